The van der Waals surface area contributed by atoms with Crippen LogP contribution in [0.5, 0.6) is 0 Å². The monoisotopic (exact) mass is 299 g/mol. The van der Waals surface area contributed by atoms with Crippen molar-refractivity contribution >= 4 is 29.0 Å². The number of carbonyl (C=O) groups is 2. The van der Waals surface area contributed by atoms with Crippen molar-refractivity contribution in [3.05, 3.63) is 64.2 Å². The molecule has 0 unspecified atom stereocenters. The molecule has 0 radical (unpaired) electrons. The molecular weight excluding hydrogens is 286 g/mol. The Morgan fingerprint density at radius 3 is 2.33 bits per heavy atom. The summed E-state index contributed by atoms with van der Waals surface area (Å²) in [5, 5.41) is 0.428. The molecule has 1 heterocycles. The highest BCUT2D eigenvalue weighted by molar-refractivity contribution is 6.54. The Labute approximate surface area is 128 Å². The minimum Gasteiger partial charge on any atom is -0.299 e. The first-order valence-corrected chi connectivity index (χ1v) is 7.22. The van der Waals surface area contributed by atoms with Crippen molar-refractivity contribution in [3.8, 4) is 0 Å². The number of hydrogen-bond acceptors (Lipinski definition) is 2. The third kappa shape index (κ3) is 2.34. The number of carbonyl (C=O) groups excluding carboxylic acids is 2. The van der Waals surface area contributed by atoms with E-state index in [1.807, 2.05) is 24.3 Å². The summed E-state index contributed by atoms with van der Waals surface area (Å²) in [4.78, 5) is 25.6. The van der Waals surface area contributed by atoms with E-state index in [2.05, 4.69) is 6.92 Å². The van der Waals surface area contributed by atoms with Gasteiger partial charge in [0, 0.05) is 0 Å². The molecule has 0 fully saturated rings. The summed E-state index contributed by atoms with van der Waals surface area (Å²) in [5.41, 5.74) is 3.12. The molecule has 3 rings (SSSR count). The second-order valence-corrected chi connectivity index (χ2v) is 5.43. The Balaban J connectivity index is 1.96. The Bertz CT molecular complexity index is 722. The van der Waals surface area contributed by atoms with Crippen LogP contribution >= 0.6 is 11.6 Å². The molecule has 2 aromatic carbocycles. The van der Waals surface area contributed by atoms with Gasteiger partial charge < -0.3 is 0 Å². The van der Waals surface area contributed by atoms with Crippen molar-refractivity contribution in [3.63, 3.8) is 0 Å². The lowest BCUT2D eigenvalue weighted by Gasteiger charge is -2.17. The van der Waals surface area contributed by atoms with Crippen molar-refractivity contribution in [1.82, 2.24) is 0 Å². The molecule has 0 bridgehead atoms. The smallest absolute Gasteiger partial charge is 0.299 e. The molecule has 21 heavy (non-hydrogen) atoms. The van der Waals surface area contributed by atoms with E-state index in [0.29, 0.717) is 22.8 Å². The number of Topliss-reactive ketones (excluding diaryl/α,β-unsaturated/α-hetero) is 1. The number of nitrogens with zero attached hydrogens (tertiary/aromatic N) is 1. The average molecular weight is 300 g/mol. The third-order valence-electron chi connectivity index (χ3n) is 3.71. The number of halogens is 1. The van der Waals surface area contributed by atoms with Crippen LogP contribution in [-0.2, 0) is 17.8 Å². The fourth-order valence-electron chi connectivity index (χ4n) is 2.53. The van der Waals surface area contributed by atoms with Gasteiger partial charge in [-0.1, -0.05) is 48.9 Å². The van der Waals surface area contributed by atoms with Crippen LogP contribution in [-0.4, -0.2) is 11.7 Å². The number of amides is 1. The van der Waals surface area contributed by atoms with Gasteiger partial charge in [-0.2, -0.15) is 0 Å². The van der Waals surface area contributed by atoms with E-state index in [-0.39, 0.29) is 0 Å². The molecule has 4 heteroatoms. The molecule has 1 aliphatic rings. The van der Waals surface area contributed by atoms with Gasteiger partial charge in [-0.15, -0.1) is 0 Å². The quantitative estimate of drug-likeness (QED) is 0.812. The number of hydrogen-bond donors (Lipinski definition) is 0. The van der Waals surface area contributed by atoms with Gasteiger partial charge in [-0.05, 0) is 29.7 Å². The van der Waals surface area contributed by atoms with Crippen molar-refractivity contribution in [2.75, 3.05) is 4.90 Å². The second kappa shape index (κ2) is 5.34. The molecule has 0 aliphatic carbocycles. The Hall–Kier alpha value is -2.13. The molecule has 2 aromatic rings. The van der Waals surface area contributed by atoms with E-state index in [4.69, 9.17) is 11.6 Å². The lowest BCUT2D eigenvalue weighted by molar-refractivity contribution is -0.114. The zero-order chi connectivity index (χ0) is 15.0. The maximum Gasteiger partial charge on any atom is 0.299 e. The van der Waals surface area contributed by atoms with E-state index in [1.165, 1.54) is 10.5 Å². The summed E-state index contributed by atoms with van der Waals surface area (Å²) in [6, 6.07) is 13.0. The van der Waals surface area contributed by atoms with Gasteiger partial charge in [0.05, 0.1) is 22.8 Å². The highest BCUT2D eigenvalue weighted by Gasteiger charge is 2.37. The molecule has 3 nitrogen and oxygen atoms in total. The maximum atomic E-state index is 12.2. The zero-order valence-electron chi connectivity index (χ0n) is 11.6. The van der Waals surface area contributed by atoms with Crippen LogP contribution in [0.3, 0.4) is 0 Å². The summed E-state index contributed by atoms with van der Waals surface area (Å²) in [7, 11) is 0. The van der Waals surface area contributed by atoms with Gasteiger partial charge in [0.1, 0.15) is 0 Å². The largest absolute Gasteiger partial charge is 0.299 e. The van der Waals surface area contributed by atoms with Gasteiger partial charge in [0.15, 0.2) is 0 Å². The summed E-state index contributed by atoms with van der Waals surface area (Å²) in [5.74, 6) is -1.00. The second-order valence-electron chi connectivity index (χ2n) is 5.03. The van der Waals surface area contributed by atoms with Gasteiger partial charge in [-0.3, -0.25) is 14.5 Å². The molecule has 0 saturated heterocycles. The standard InChI is InChI=1S/C17H14ClNO2/c1-2-11-6-8-12(9-7-11)10-19-15-13(16(20)17(19)21)4-3-5-14(15)18/h3-9H,2,10H2,1H3. The highest BCUT2D eigenvalue weighted by Crippen LogP contribution is 2.36. The van der Waals surface area contributed by atoms with E-state index in [1.54, 1.807) is 18.2 Å². The van der Waals surface area contributed by atoms with Crippen LogP contribution in [0.15, 0.2) is 42.5 Å². The van der Waals surface area contributed by atoms with Crippen molar-refractivity contribution in [1.29, 1.82) is 0 Å². The fourth-order valence-corrected chi connectivity index (χ4v) is 2.80. The number of para-hydroxylation sites is 1. The molecular formula is C17H14ClNO2. The Kier molecular flexibility index (Phi) is 3.52. The number of ketones is 1. The van der Waals surface area contributed by atoms with Crippen LogP contribution in [0.25, 0.3) is 0 Å². The van der Waals surface area contributed by atoms with E-state index >= 15 is 0 Å². The first-order valence-electron chi connectivity index (χ1n) is 6.84. The summed E-state index contributed by atoms with van der Waals surface area (Å²) >= 11 is 6.16. The molecule has 0 aromatic heterocycles. The first-order chi connectivity index (χ1) is 10.1. The normalized spacial score (nSPS) is 13.7. The summed E-state index contributed by atoms with van der Waals surface area (Å²) < 4.78 is 0. The molecule has 0 spiro atoms. The molecule has 0 atom stereocenters. The highest BCUT2D eigenvalue weighted by atomic mass is 35.5. The van der Waals surface area contributed by atoms with Gasteiger partial charge in [-0.25, -0.2) is 0 Å². The number of fused-ring (bicyclic) bond motifs is 1. The number of anilines is 1. The molecule has 1 aliphatic heterocycles. The number of benzene rings is 2. The van der Waals surface area contributed by atoms with E-state index in [0.717, 1.165) is 12.0 Å². The molecule has 106 valence electrons. The van der Waals surface area contributed by atoms with Gasteiger partial charge in [0.2, 0.25) is 0 Å². The van der Waals surface area contributed by atoms with Crippen LogP contribution in [0.4, 0.5) is 5.69 Å². The predicted octanol–water partition coefficient (Wildman–Crippen LogP) is 3.63. The predicted molar refractivity (Wildman–Crippen MR) is 82.8 cm³/mol. The Morgan fingerprint density at radius 2 is 1.67 bits per heavy atom. The van der Waals surface area contributed by atoms with E-state index < -0.39 is 11.7 Å². The number of aryl methyl sites for hydroxylation is 1. The molecule has 0 saturated carbocycles. The number of rotatable bonds is 3. The van der Waals surface area contributed by atoms with Crippen LogP contribution < -0.4 is 4.90 Å². The zero-order valence-corrected chi connectivity index (χ0v) is 12.4. The SMILES string of the molecule is CCc1ccc(CN2C(=O)C(=O)c3cccc(Cl)c32)cc1. The molecule has 0 N–H and O–H groups in total. The van der Waals surface area contributed by atoms with Crippen LogP contribution in [0.2, 0.25) is 5.02 Å². The minimum atomic E-state index is -0.516. The first kappa shape index (κ1) is 13.8. The summed E-state index contributed by atoms with van der Waals surface area (Å²) in [6.07, 6.45) is 0.968. The van der Waals surface area contributed by atoms with E-state index in [9.17, 15) is 9.59 Å². The molecule has 1 amide bonds. The lowest BCUT2D eigenvalue weighted by Crippen LogP contribution is -2.29. The van der Waals surface area contributed by atoms with Crippen molar-refractivity contribution in [2.24, 2.45) is 0 Å². The van der Waals surface area contributed by atoms with Gasteiger partial charge in [0.25, 0.3) is 11.7 Å². The van der Waals surface area contributed by atoms with Crippen molar-refractivity contribution < 1.29 is 9.59 Å². The minimum absolute atomic E-state index is 0.352. The van der Waals surface area contributed by atoms with Crippen LogP contribution in [0, 0.1) is 0 Å². The van der Waals surface area contributed by atoms with Gasteiger partial charge >= 0.3 is 0 Å². The maximum absolute atomic E-state index is 12.2. The topological polar surface area (TPSA) is 37.4 Å². The summed E-state index contributed by atoms with van der Waals surface area (Å²) in [6.45, 7) is 2.44. The van der Waals surface area contributed by atoms with Crippen LogP contribution in [0.1, 0.15) is 28.4 Å². The van der Waals surface area contributed by atoms with Crippen molar-refractivity contribution in [2.45, 2.75) is 19.9 Å². The average Bonchev–Trinajstić information content (AvgIpc) is 2.74. The third-order valence-corrected chi connectivity index (χ3v) is 4.02. The fraction of sp³-hybridized carbons (Fsp3) is 0.176. The lowest BCUT2D eigenvalue weighted by atomic mass is 10.1. The Morgan fingerprint density at radius 1 is 1.00 bits per heavy atom.